The number of aromatic nitrogens is 2. The number of amides is 2. The lowest BCUT2D eigenvalue weighted by atomic mass is 10.2. The molecular formula is C12H17N5O2. The molecule has 0 aromatic carbocycles. The van der Waals surface area contributed by atoms with Gasteiger partial charge in [0.15, 0.2) is 0 Å². The van der Waals surface area contributed by atoms with Crippen LogP contribution >= 0.6 is 0 Å². The van der Waals surface area contributed by atoms with E-state index in [0.29, 0.717) is 5.82 Å². The zero-order chi connectivity index (χ0) is 13.8. The van der Waals surface area contributed by atoms with Crippen molar-refractivity contribution in [1.82, 2.24) is 15.3 Å². The fourth-order valence-electron chi connectivity index (χ4n) is 2.11. The number of carbonyl (C=O) groups is 2. The zero-order valence-electron chi connectivity index (χ0n) is 11.1. The number of piperazine rings is 1. The lowest BCUT2D eigenvalue weighted by molar-refractivity contribution is -0.130. The molecule has 2 heterocycles. The summed E-state index contributed by atoms with van der Waals surface area (Å²) in [5, 5.41) is 5.44. The fraction of sp³-hybridized carbons (Fsp3) is 0.500. The maximum atomic E-state index is 11.4. The molecule has 0 aliphatic carbocycles. The Labute approximate surface area is 111 Å². The van der Waals surface area contributed by atoms with E-state index in [1.165, 1.54) is 6.33 Å². The summed E-state index contributed by atoms with van der Waals surface area (Å²) in [7, 11) is 0. The Morgan fingerprint density at radius 3 is 2.53 bits per heavy atom. The summed E-state index contributed by atoms with van der Waals surface area (Å²) in [5.41, 5.74) is 0.923. The second-order valence-corrected chi connectivity index (χ2v) is 4.24. The average Bonchev–Trinajstić information content (AvgIpc) is 2.37. The van der Waals surface area contributed by atoms with Crippen LogP contribution in [0.3, 0.4) is 0 Å². The van der Waals surface area contributed by atoms with Gasteiger partial charge < -0.3 is 10.2 Å². The zero-order valence-corrected chi connectivity index (χ0v) is 11.1. The molecule has 1 aromatic rings. The van der Waals surface area contributed by atoms with Crippen molar-refractivity contribution in [2.75, 3.05) is 29.9 Å². The molecule has 0 bridgehead atoms. The highest BCUT2D eigenvalue weighted by Crippen LogP contribution is 2.24. The molecular weight excluding hydrogens is 246 g/mol. The van der Waals surface area contributed by atoms with E-state index in [1.54, 1.807) is 4.90 Å². The molecule has 1 aromatic heterocycles. The van der Waals surface area contributed by atoms with Crippen molar-refractivity contribution in [3.8, 4) is 0 Å². The van der Waals surface area contributed by atoms with Gasteiger partial charge in [0.05, 0.1) is 13.1 Å². The standard InChI is InChI=1S/C12H17N5O2/c1-3-8-11(13-4-2)14-7-15-12(8)17-5-9(18)16-10(19)6-17/h7H,3-6H2,1-2H3,(H,13,14,15)(H,16,18,19). The van der Waals surface area contributed by atoms with Crippen LogP contribution in [0.15, 0.2) is 6.33 Å². The van der Waals surface area contributed by atoms with E-state index in [4.69, 9.17) is 0 Å². The Morgan fingerprint density at radius 2 is 1.95 bits per heavy atom. The van der Waals surface area contributed by atoms with Crippen LogP contribution in [0.5, 0.6) is 0 Å². The topological polar surface area (TPSA) is 87.2 Å². The number of nitrogens with one attached hydrogen (secondary N) is 2. The van der Waals surface area contributed by atoms with Crippen molar-refractivity contribution in [1.29, 1.82) is 0 Å². The minimum atomic E-state index is -0.304. The van der Waals surface area contributed by atoms with E-state index in [1.807, 2.05) is 13.8 Å². The van der Waals surface area contributed by atoms with Gasteiger partial charge in [-0.3, -0.25) is 14.9 Å². The lowest BCUT2D eigenvalue weighted by Gasteiger charge is -2.28. The Balaban J connectivity index is 2.35. The van der Waals surface area contributed by atoms with Crippen LogP contribution in [-0.2, 0) is 16.0 Å². The predicted molar refractivity (Wildman–Crippen MR) is 70.9 cm³/mol. The number of nitrogens with zero attached hydrogens (tertiary/aromatic N) is 3. The molecule has 2 amide bonds. The van der Waals surface area contributed by atoms with Gasteiger partial charge in [-0.15, -0.1) is 0 Å². The molecule has 2 N–H and O–H groups in total. The minimum absolute atomic E-state index is 0.140. The molecule has 1 saturated heterocycles. The van der Waals surface area contributed by atoms with Crippen molar-refractivity contribution >= 4 is 23.5 Å². The molecule has 1 aliphatic rings. The third-order valence-electron chi connectivity index (χ3n) is 2.87. The molecule has 7 nitrogen and oxygen atoms in total. The van der Waals surface area contributed by atoms with E-state index >= 15 is 0 Å². The SMILES string of the molecule is CCNc1ncnc(N2CC(=O)NC(=O)C2)c1CC. The number of hydrogen-bond acceptors (Lipinski definition) is 6. The maximum Gasteiger partial charge on any atom is 0.246 e. The summed E-state index contributed by atoms with van der Waals surface area (Å²) < 4.78 is 0. The first kappa shape index (κ1) is 13.3. The number of imide groups is 1. The average molecular weight is 263 g/mol. The van der Waals surface area contributed by atoms with E-state index in [0.717, 1.165) is 24.3 Å². The quantitative estimate of drug-likeness (QED) is 0.740. The number of rotatable bonds is 4. The monoisotopic (exact) mass is 263 g/mol. The summed E-state index contributed by atoms with van der Waals surface area (Å²) in [6.45, 7) is 5.01. The van der Waals surface area contributed by atoms with Crippen molar-refractivity contribution < 1.29 is 9.59 Å². The molecule has 7 heteroatoms. The van der Waals surface area contributed by atoms with Gasteiger partial charge in [0.2, 0.25) is 11.8 Å². The van der Waals surface area contributed by atoms with Crippen LogP contribution in [0.2, 0.25) is 0 Å². The molecule has 0 radical (unpaired) electrons. The van der Waals surface area contributed by atoms with Gasteiger partial charge >= 0.3 is 0 Å². The number of carbonyl (C=O) groups excluding carboxylic acids is 2. The first-order valence-electron chi connectivity index (χ1n) is 6.31. The second kappa shape index (κ2) is 5.64. The van der Waals surface area contributed by atoms with Gasteiger partial charge in [0, 0.05) is 12.1 Å². The Morgan fingerprint density at radius 1 is 1.26 bits per heavy atom. The molecule has 0 atom stereocenters. The van der Waals surface area contributed by atoms with E-state index in [9.17, 15) is 9.59 Å². The van der Waals surface area contributed by atoms with E-state index < -0.39 is 0 Å². The van der Waals surface area contributed by atoms with Crippen LogP contribution in [0, 0.1) is 0 Å². The minimum Gasteiger partial charge on any atom is -0.370 e. The van der Waals surface area contributed by atoms with Crippen molar-refractivity contribution in [2.45, 2.75) is 20.3 Å². The lowest BCUT2D eigenvalue weighted by Crippen LogP contribution is -2.52. The Bertz CT molecular complexity index is 487. The third kappa shape index (κ3) is 2.81. The van der Waals surface area contributed by atoms with Gasteiger partial charge in [-0.2, -0.15) is 0 Å². The summed E-state index contributed by atoms with van der Waals surface area (Å²) in [4.78, 5) is 33.0. The normalized spacial score (nSPS) is 15.4. The first-order valence-corrected chi connectivity index (χ1v) is 6.31. The highest BCUT2D eigenvalue weighted by Gasteiger charge is 2.26. The third-order valence-corrected chi connectivity index (χ3v) is 2.87. The van der Waals surface area contributed by atoms with Crippen molar-refractivity contribution in [3.63, 3.8) is 0 Å². The Hall–Kier alpha value is -2.18. The van der Waals surface area contributed by atoms with Crippen LogP contribution in [0.25, 0.3) is 0 Å². The predicted octanol–water partition coefficient (Wildman–Crippen LogP) is -0.0664. The molecule has 19 heavy (non-hydrogen) atoms. The largest absolute Gasteiger partial charge is 0.370 e. The van der Waals surface area contributed by atoms with Crippen molar-refractivity contribution in [2.24, 2.45) is 0 Å². The van der Waals surface area contributed by atoms with Crippen LogP contribution in [-0.4, -0.2) is 41.4 Å². The van der Waals surface area contributed by atoms with Gasteiger partial charge in [-0.1, -0.05) is 6.92 Å². The highest BCUT2D eigenvalue weighted by molar-refractivity contribution is 6.02. The molecule has 1 fully saturated rings. The van der Waals surface area contributed by atoms with Crippen molar-refractivity contribution in [3.05, 3.63) is 11.9 Å². The maximum absolute atomic E-state index is 11.4. The molecule has 0 unspecified atom stereocenters. The van der Waals surface area contributed by atoms with Crippen LogP contribution in [0.4, 0.5) is 11.6 Å². The van der Waals surface area contributed by atoms with E-state index in [2.05, 4.69) is 20.6 Å². The fourth-order valence-corrected chi connectivity index (χ4v) is 2.11. The smallest absolute Gasteiger partial charge is 0.246 e. The number of hydrogen-bond donors (Lipinski definition) is 2. The molecule has 0 saturated carbocycles. The highest BCUT2D eigenvalue weighted by atomic mass is 16.2. The second-order valence-electron chi connectivity index (χ2n) is 4.24. The van der Waals surface area contributed by atoms with Crippen LogP contribution < -0.4 is 15.5 Å². The number of anilines is 2. The summed E-state index contributed by atoms with van der Waals surface area (Å²) in [5.74, 6) is 0.800. The molecule has 2 rings (SSSR count). The summed E-state index contributed by atoms with van der Waals surface area (Å²) in [6.07, 6.45) is 2.17. The van der Waals surface area contributed by atoms with Gasteiger partial charge in [0.1, 0.15) is 18.0 Å². The summed E-state index contributed by atoms with van der Waals surface area (Å²) in [6, 6.07) is 0. The van der Waals surface area contributed by atoms with Crippen LogP contribution in [0.1, 0.15) is 19.4 Å². The summed E-state index contributed by atoms with van der Waals surface area (Å²) >= 11 is 0. The Kier molecular flexibility index (Phi) is 3.94. The van der Waals surface area contributed by atoms with E-state index in [-0.39, 0.29) is 24.9 Å². The van der Waals surface area contributed by atoms with Gasteiger partial charge in [0.25, 0.3) is 0 Å². The van der Waals surface area contributed by atoms with Gasteiger partial charge in [-0.25, -0.2) is 9.97 Å². The molecule has 102 valence electrons. The molecule has 0 spiro atoms. The van der Waals surface area contributed by atoms with Gasteiger partial charge in [-0.05, 0) is 13.3 Å². The first-order chi connectivity index (χ1) is 9.15. The molecule has 1 aliphatic heterocycles.